The molecular weight excluding hydrogens is 272 g/mol. The molecule has 3 aromatic rings. The minimum Gasteiger partial charge on any atom is -0.507 e. The van der Waals surface area contributed by atoms with Crippen LogP contribution in [-0.4, -0.2) is 15.3 Å². The minimum absolute atomic E-state index is 0.00393. The largest absolute Gasteiger partial charge is 0.507 e. The third-order valence-electron chi connectivity index (χ3n) is 3.40. The number of phenolic OH excluding ortho intramolecular Hbond substituents is 2. The van der Waals surface area contributed by atoms with E-state index in [1.165, 1.54) is 13.0 Å². The van der Waals surface area contributed by atoms with Gasteiger partial charge in [0.2, 0.25) is 11.2 Å². The van der Waals surface area contributed by atoms with Crippen molar-refractivity contribution in [2.24, 2.45) is 0 Å². The summed E-state index contributed by atoms with van der Waals surface area (Å²) in [4.78, 5) is 12.3. The lowest BCUT2D eigenvalue weighted by Crippen LogP contribution is -2.03. The molecule has 3 N–H and O–H groups in total. The SMILES string of the molecule is Cc1c(O)cc2oc(-c3ccccc3)c(O)c(=O)c2c1O. The standard InChI is InChI=1S/C16H12O5/c1-8-10(17)7-11-12(13(8)18)14(19)15(20)16(21-11)9-5-3-2-4-6-9/h2-7,17-18,20H,1H3. The zero-order valence-corrected chi connectivity index (χ0v) is 11.1. The van der Waals surface area contributed by atoms with E-state index in [1.54, 1.807) is 30.3 Å². The summed E-state index contributed by atoms with van der Waals surface area (Å²) in [5.74, 6) is -1.16. The predicted molar refractivity (Wildman–Crippen MR) is 77.7 cm³/mol. The van der Waals surface area contributed by atoms with Gasteiger partial charge in [-0.15, -0.1) is 0 Å². The summed E-state index contributed by atoms with van der Waals surface area (Å²) in [6, 6.07) is 9.87. The molecule has 1 heterocycles. The minimum atomic E-state index is -0.740. The summed E-state index contributed by atoms with van der Waals surface area (Å²) < 4.78 is 5.51. The van der Waals surface area contributed by atoms with Crippen molar-refractivity contribution in [1.82, 2.24) is 0 Å². The molecule has 0 aliphatic heterocycles. The predicted octanol–water partition coefficient (Wildman–Crippen LogP) is 2.89. The second-order valence-corrected chi connectivity index (χ2v) is 4.72. The maximum Gasteiger partial charge on any atom is 0.238 e. The van der Waals surface area contributed by atoms with Crippen molar-refractivity contribution in [3.63, 3.8) is 0 Å². The molecule has 5 heteroatoms. The highest BCUT2D eigenvalue weighted by Gasteiger charge is 2.20. The number of benzene rings is 2. The van der Waals surface area contributed by atoms with Gasteiger partial charge in [0.25, 0.3) is 0 Å². The molecule has 0 fully saturated rings. The van der Waals surface area contributed by atoms with Gasteiger partial charge in [-0.1, -0.05) is 30.3 Å². The molecular formula is C16H12O5. The van der Waals surface area contributed by atoms with Crippen molar-refractivity contribution in [2.75, 3.05) is 0 Å². The second kappa shape index (κ2) is 4.56. The summed E-state index contributed by atoms with van der Waals surface area (Å²) in [6.45, 7) is 1.46. The highest BCUT2D eigenvalue weighted by Crippen LogP contribution is 2.37. The first-order valence-corrected chi connectivity index (χ1v) is 6.27. The fourth-order valence-corrected chi connectivity index (χ4v) is 2.20. The second-order valence-electron chi connectivity index (χ2n) is 4.72. The van der Waals surface area contributed by atoms with Crippen molar-refractivity contribution in [1.29, 1.82) is 0 Å². The van der Waals surface area contributed by atoms with Crippen LogP contribution in [0.5, 0.6) is 17.2 Å². The molecule has 5 nitrogen and oxygen atoms in total. The van der Waals surface area contributed by atoms with Crippen LogP contribution in [0.25, 0.3) is 22.3 Å². The van der Waals surface area contributed by atoms with Gasteiger partial charge in [-0.2, -0.15) is 0 Å². The smallest absolute Gasteiger partial charge is 0.238 e. The number of rotatable bonds is 1. The topological polar surface area (TPSA) is 90.9 Å². The van der Waals surface area contributed by atoms with Gasteiger partial charge in [-0.3, -0.25) is 4.79 Å². The lowest BCUT2D eigenvalue weighted by molar-refractivity contribution is 0.435. The van der Waals surface area contributed by atoms with Crippen LogP contribution in [0, 0.1) is 6.92 Å². The van der Waals surface area contributed by atoms with Crippen LogP contribution >= 0.6 is 0 Å². The Hall–Kier alpha value is -2.95. The number of hydrogen-bond donors (Lipinski definition) is 3. The first kappa shape index (κ1) is 13.1. The van der Waals surface area contributed by atoms with Crippen molar-refractivity contribution in [3.8, 4) is 28.6 Å². The summed E-state index contributed by atoms with van der Waals surface area (Å²) >= 11 is 0. The molecule has 0 atom stereocenters. The maximum atomic E-state index is 12.3. The van der Waals surface area contributed by atoms with E-state index in [0.29, 0.717) is 5.56 Å². The molecule has 0 aliphatic rings. The zero-order valence-electron chi connectivity index (χ0n) is 11.1. The Kier molecular flexibility index (Phi) is 2.83. The van der Waals surface area contributed by atoms with E-state index in [0.717, 1.165) is 0 Å². The van der Waals surface area contributed by atoms with Gasteiger partial charge >= 0.3 is 0 Å². The highest BCUT2D eigenvalue weighted by atomic mass is 16.4. The molecule has 21 heavy (non-hydrogen) atoms. The lowest BCUT2D eigenvalue weighted by atomic mass is 10.1. The number of aromatic hydroxyl groups is 3. The molecule has 0 spiro atoms. The van der Waals surface area contributed by atoms with E-state index in [2.05, 4.69) is 0 Å². The molecule has 106 valence electrons. The Bertz CT molecular complexity index is 894. The summed E-state index contributed by atoms with van der Waals surface area (Å²) in [5.41, 5.74) is -0.0526. The van der Waals surface area contributed by atoms with Crippen LogP contribution in [0.4, 0.5) is 0 Å². The molecule has 0 radical (unpaired) electrons. The highest BCUT2D eigenvalue weighted by molar-refractivity contribution is 5.89. The molecule has 3 rings (SSSR count). The quantitative estimate of drug-likeness (QED) is 0.639. The van der Waals surface area contributed by atoms with Crippen molar-refractivity contribution in [3.05, 3.63) is 52.2 Å². The van der Waals surface area contributed by atoms with Crippen LogP contribution in [-0.2, 0) is 0 Å². The number of hydrogen-bond acceptors (Lipinski definition) is 5. The van der Waals surface area contributed by atoms with Crippen LogP contribution in [0.15, 0.2) is 45.6 Å². The van der Waals surface area contributed by atoms with Crippen molar-refractivity contribution < 1.29 is 19.7 Å². The van der Waals surface area contributed by atoms with E-state index in [9.17, 15) is 20.1 Å². The van der Waals surface area contributed by atoms with Gasteiger partial charge in [-0.05, 0) is 6.92 Å². The molecule has 0 bridgehead atoms. The van der Waals surface area contributed by atoms with Gasteiger partial charge in [0.15, 0.2) is 5.76 Å². The lowest BCUT2D eigenvalue weighted by Gasteiger charge is -2.09. The Morgan fingerprint density at radius 3 is 2.33 bits per heavy atom. The van der Waals surface area contributed by atoms with E-state index < -0.39 is 16.9 Å². The Morgan fingerprint density at radius 2 is 1.67 bits per heavy atom. The number of fused-ring (bicyclic) bond motifs is 1. The van der Waals surface area contributed by atoms with Gasteiger partial charge in [0, 0.05) is 17.2 Å². The van der Waals surface area contributed by atoms with E-state index in [-0.39, 0.29) is 28.0 Å². The van der Waals surface area contributed by atoms with E-state index >= 15 is 0 Å². The fraction of sp³-hybridized carbons (Fsp3) is 0.0625. The maximum absolute atomic E-state index is 12.3. The third-order valence-corrected chi connectivity index (χ3v) is 3.40. The molecule has 1 aromatic heterocycles. The Balaban J connectivity index is 2.44. The van der Waals surface area contributed by atoms with Gasteiger partial charge in [0.05, 0.1) is 0 Å². The first-order valence-electron chi connectivity index (χ1n) is 6.27. The molecule has 0 unspecified atom stereocenters. The zero-order chi connectivity index (χ0) is 15.1. The van der Waals surface area contributed by atoms with E-state index in [1.807, 2.05) is 0 Å². The molecule has 0 saturated carbocycles. The Morgan fingerprint density at radius 1 is 1.00 bits per heavy atom. The van der Waals surface area contributed by atoms with Gasteiger partial charge in [-0.25, -0.2) is 0 Å². The normalized spacial score (nSPS) is 10.9. The van der Waals surface area contributed by atoms with Gasteiger partial charge < -0.3 is 19.7 Å². The summed E-state index contributed by atoms with van der Waals surface area (Å²) in [6.07, 6.45) is 0. The van der Waals surface area contributed by atoms with Gasteiger partial charge in [0.1, 0.15) is 22.5 Å². The third kappa shape index (κ3) is 1.90. The van der Waals surface area contributed by atoms with Crippen molar-refractivity contribution in [2.45, 2.75) is 6.92 Å². The van der Waals surface area contributed by atoms with Crippen LogP contribution in [0.1, 0.15) is 5.56 Å². The van der Waals surface area contributed by atoms with Crippen LogP contribution in [0.2, 0.25) is 0 Å². The van der Waals surface area contributed by atoms with Crippen LogP contribution in [0.3, 0.4) is 0 Å². The average molecular weight is 284 g/mol. The fourth-order valence-electron chi connectivity index (χ4n) is 2.20. The summed E-state index contributed by atoms with van der Waals surface area (Å²) in [5, 5.41) is 29.6. The monoisotopic (exact) mass is 284 g/mol. The van der Waals surface area contributed by atoms with Crippen LogP contribution < -0.4 is 5.43 Å². The Labute approximate surface area is 119 Å². The summed E-state index contributed by atoms with van der Waals surface area (Å²) in [7, 11) is 0. The number of phenols is 2. The molecule has 2 aromatic carbocycles. The first-order chi connectivity index (χ1) is 10.0. The molecule has 0 saturated heterocycles. The van der Waals surface area contributed by atoms with E-state index in [4.69, 9.17) is 4.42 Å². The average Bonchev–Trinajstić information content (AvgIpc) is 2.49. The molecule has 0 aliphatic carbocycles. The molecule has 0 amide bonds. The van der Waals surface area contributed by atoms with Crippen molar-refractivity contribution >= 4 is 11.0 Å².